The van der Waals surface area contributed by atoms with E-state index in [1.54, 1.807) is 12.3 Å². The molecule has 4 aliphatic heterocycles. The van der Waals surface area contributed by atoms with E-state index in [-0.39, 0.29) is 28.4 Å². The number of pyridine rings is 2. The van der Waals surface area contributed by atoms with Crippen LogP contribution in [0.2, 0.25) is 5.02 Å². The van der Waals surface area contributed by atoms with Crippen LogP contribution in [0.4, 0.5) is 10.1 Å². The molecule has 0 amide bonds. The van der Waals surface area contributed by atoms with Gasteiger partial charge >= 0.3 is 0 Å². The van der Waals surface area contributed by atoms with Crippen LogP contribution in [0.5, 0.6) is 5.75 Å². The first kappa shape index (κ1) is 24.8. The molecule has 0 spiro atoms. The molecule has 2 bridgehead atoms. The first-order valence-electron chi connectivity index (χ1n) is 14.8. The Kier molecular flexibility index (Phi) is 5.78. The zero-order valence-electron chi connectivity index (χ0n) is 22.5. The summed E-state index contributed by atoms with van der Waals surface area (Å²) in [6.07, 6.45) is 10.6. The van der Waals surface area contributed by atoms with Gasteiger partial charge in [-0.3, -0.25) is 9.88 Å². The third kappa shape index (κ3) is 4.07. The number of benzene rings is 1. The van der Waals surface area contributed by atoms with Crippen LogP contribution in [0.3, 0.4) is 0 Å². The van der Waals surface area contributed by atoms with Gasteiger partial charge in [-0.15, -0.1) is 0 Å². The number of fused-ring (bicyclic) bond motifs is 4. The second-order valence-corrected chi connectivity index (χ2v) is 12.8. The highest BCUT2D eigenvalue weighted by Gasteiger charge is 2.43. The van der Waals surface area contributed by atoms with Gasteiger partial charge in [-0.05, 0) is 100 Å². The van der Waals surface area contributed by atoms with Gasteiger partial charge in [0.2, 0.25) is 0 Å². The number of nitrogens with one attached hydrogen (secondary N) is 1. The van der Waals surface area contributed by atoms with Crippen molar-refractivity contribution in [2.24, 2.45) is 0 Å². The Labute approximate surface area is 238 Å². The molecule has 6 heterocycles. The first-order valence-corrected chi connectivity index (χ1v) is 15.2. The van der Waals surface area contributed by atoms with E-state index in [0.29, 0.717) is 33.7 Å². The number of anilines is 1. The van der Waals surface area contributed by atoms with Crippen molar-refractivity contribution in [1.82, 2.24) is 20.2 Å². The van der Waals surface area contributed by atoms with Gasteiger partial charge in [0.1, 0.15) is 22.7 Å². The van der Waals surface area contributed by atoms with Crippen molar-refractivity contribution < 1.29 is 9.50 Å². The van der Waals surface area contributed by atoms with E-state index in [1.807, 2.05) is 6.07 Å². The van der Waals surface area contributed by atoms with Crippen LogP contribution < -0.4 is 10.2 Å². The molecular formula is C32H33ClFN5O. The van der Waals surface area contributed by atoms with Crippen LogP contribution in [-0.4, -0.2) is 63.8 Å². The Morgan fingerprint density at radius 2 is 1.80 bits per heavy atom. The summed E-state index contributed by atoms with van der Waals surface area (Å²) in [7, 11) is 0. The molecule has 1 aliphatic carbocycles. The normalized spacial score (nSPS) is 25.3. The maximum absolute atomic E-state index is 16.6. The monoisotopic (exact) mass is 557 g/mol. The molecule has 40 heavy (non-hydrogen) atoms. The lowest BCUT2D eigenvalue weighted by atomic mass is 9.94. The Morgan fingerprint density at radius 1 is 1.05 bits per heavy atom. The summed E-state index contributed by atoms with van der Waals surface area (Å²) in [4.78, 5) is 14.4. The number of piperazine rings is 1. The van der Waals surface area contributed by atoms with Gasteiger partial charge in [0.25, 0.3) is 0 Å². The molecule has 206 valence electrons. The molecular weight excluding hydrogens is 525 g/mol. The summed E-state index contributed by atoms with van der Waals surface area (Å²) in [5.74, 6) is 6.80. The number of nitrogens with zero attached hydrogens (tertiary/aromatic N) is 4. The highest BCUT2D eigenvalue weighted by Crippen LogP contribution is 2.49. The standard InChI is InChI=1S/C32H33ClFN5O/c33-26-15-23(40)14-24(28(26)19-3-4-19)30-29(34)31-25(16-35-30)27(38-17-21-5-6-22(18-38)36-21)13-20(37-31)7-10-32-8-1-11-39(32)12-2-9-32/h13-16,19,21-22,36,40H,1-6,8-9,11-12,17-18H2. The van der Waals surface area contributed by atoms with Crippen molar-refractivity contribution in [1.29, 1.82) is 0 Å². The minimum Gasteiger partial charge on any atom is -0.508 e. The molecule has 0 radical (unpaired) electrons. The minimum atomic E-state index is -0.481. The summed E-state index contributed by atoms with van der Waals surface area (Å²) < 4.78 is 16.6. The largest absolute Gasteiger partial charge is 0.508 e. The minimum absolute atomic E-state index is 0.00666. The Hall–Kier alpha value is -2.92. The highest BCUT2D eigenvalue weighted by atomic mass is 35.5. The van der Waals surface area contributed by atoms with E-state index in [0.717, 1.165) is 76.0 Å². The zero-order chi connectivity index (χ0) is 27.0. The molecule has 2 N–H and O–H groups in total. The lowest BCUT2D eigenvalue weighted by molar-refractivity contribution is 0.261. The van der Waals surface area contributed by atoms with Gasteiger partial charge in [0.05, 0.1) is 11.2 Å². The van der Waals surface area contributed by atoms with Crippen LogP contribution in [0.1, 0.15) is 68.5 Å². The molecule has 1 saturated carbocycles. The highest BCUT2D eigenvalue weighted by molar-refractivity contribution is 6.32. The fourth-order valence-corrected chi connectivity index (χ4v) is 8.09. The van der Waals surface area contributed by atoms with E-state index < -0.39 is 5.82 Å². The predicted octanol–water partition coefficient (Wildman–Crippen LogP) is 5.59. The van der Waals surface area contributed by atoms with Crippen molar-refractivity contribution in [2.75, 3.05) is 31.1 Å². The lowest BCUT2D eigenvalue weighted by Crippen LogP contribution is -2.51. The van der Waals surface area contributed by atoms with Gasteiger partial charge in [0.15, 0.2) is 5.82 Å². The summed E-state index contributed by atoms with van der Waals surface area (Å²) in [5.41, 5.74) is 3.38. The SMILES string of the molecule is Oc1cc(Cl)c(C2CC2)c(-c2ncc3c(N4CC5CCC(C4)N5)cc(C#CC45CCCN4CCC5)nc3c2F)c1. The quantitative estimate of drug-likeness (QED) is 0.409. The van der Waals surface area contributed by atoms with Crippen molar-refractivity contribution >= 4 is 28.2 Å². The fraction of sp³-hybridized carbons (Fsp3) is 0.500. The number of rotatable bonds is 3. The molecule has 4 saturated heterocycles. The average molecular weight is 558 g/mol. The summed E-state index contributed by atoms with van der Waals surface area (Å²) in [6, 6.07) is 6.05. The molecule has 2 unspecified atom stereocenters. The molecule has 5 aliphatic rings. The number of hydrogen-bond acceptors (Lipinski definition) is 6. The second kappa shape index (κ2) is 9.30. The molecule has 2 atom stereocenters. The van der Waals surface area contributed by atoms with Crippen LogP contribution in [0.25, 0.3) is 22.2 Å². The maximum Gasteiger partial charge on any atom is 0.175 e. The van der Waals surface area contributed by atoms with Gasteiger partial charge in [-0.1, -0.05) is 17.5 Å². The molecule has 6 nitrogen and oxygen atoms in total. The molecule has 8 heteroatoms. The van der Waals surface area contributed by atoms with Crippen LogP contribution in [0, 0.1) is 17.7 Å². The molecule has 3 aromatic rings. The van der Waals surface area contributed by atoms with Crippen molar-refractivity contribution in [2.45, 2.75) is 74.9 Å². The van der Waals surface area contributed by atoms with Gasteiger partial charge in [-0.2, -0.15) is 0 Å². The second-order valence-electron chi connectivity index (χ2n) is 12.4. The van der Waals surface area contributed by atoms with Crippen LogP contribution in [0.15, 0.2) is 24.4 Å². The number of aromatic hydroxyl groups is 1. The van der Waals surface area contributed by atoms with Crippen molar-refractivity contribution in [3.8, 4) is 28.8 Å². The van der Waals surface area contributed by atoms with E-state index in [2.05, 4.69) is 31.9 Å². The van der Waals surface area contributed by atoms with Crippen molar-refractivity contribution in [3.63, 3.8) is 0 Å². The topological polar surface area (TPSA) is 64.5 Å². The van der Waals surface area contributed by atoms with E-state index >= 15 is 4.39 Å². The predicted molar refractivity (Wildman–Crippen MR) is 155 cm³/mol. The summed E-state index contributed by atoms with van der Waals surface area (Å²) in [6.45, 7) is 3.96. The molecule has 5 fully saturated rings. The van der Waals surface area contributed by atoms with Crippen molar-refractivity contribution in [3.05, 3.63) is 46.5 Å². The zero-order valence-corrected chi connectivity index (χ0v) is 23.3. The van der Waals surface area contributed by atoms with Gasteiger partial charge in [0, 0.05) is 47.3 Å². The van der Waals surface area contributed by atoms with E-state index in [9.17, 15) is 5.11 Å². The smallest absolute Gasteiger partial charge is 0.175 e. The lowest BCUT2D eigenvalue weighted by Gasteiger charge is -2.35. The van der Waals surface area contributed by atoms with Crippen LogP contribution in [-0.2, 0) is 0 Å². The number of aromatic nitrogens is 2. The molecule has 8 rings (SSSR count). The third-order valence-electron chi connectivity index (χ3n) is 9.75. The first-order chi connectivity index (χ1) is 19.5. The summed E-state index contributed by atoms with van der Waals surface area (Å²) in [5, 5.41) is 15.2. The Balaban J connectivity index is 1.29. The van der Waals surface area contributed by atoms with Gasteiger partial charge in [-0.25, -0.2) is 9.37 Å². The number of hydrogen-bond donors (Lipinski definition) is 2. The summed E-state index contributed by atoms with van der Waals surface area (Å²) >= 11 is 6.56. The van der Waals surface area contributed by atoms with Gasteiger partial charge < -0.3 is 15.3 Å². The van der Waals surface area contributed by atoms with E-state index in [4.69, 9.17) is 16.6 Å². The molecule has 1 aromatic carbocycles. The Bertz CT molecular complexity index is 1570. The molecule has 2 aromatic heterocycles. The van der Waals surface area contributed by atoms with E-state index in [1.165, 1.54) is 18.9 Å². The number of phenols is 1. The number of halogens is 2. The Morgan fingerprint density at radius 3 is 2.52 bits per heavy atom. The fourth-order valence-electron chi connectivity index (χ4n) is 7.72. The number of phenolic OH excluding ortho intramolecular Hbond substituents is 1. The van der Waals surface area contributed by atoms with Crippen LogP contribution >= 0.6 is 11.6 Å². The maximum atomic E-state index is 16.6. The average Bonchev–Trinajstić information content (AvgIpc) is 3.43. The third-order valence-corrected chi connectivity index (χ3v) is 10.1.